The second-order valence-electron chi connectivity index (χ2n) is 4.10. The Morgan fingerprint density at radius 2 is 1.90 bits per heavy atom. The summed E-state index contributed by atoms with van der Waals surface area (Å²) in [4.78, 5) is 3.74. The van der Waals surface area contributed by atoms with Crippen molar-refractivity contribution >= 4 is 44.7 Å². The van der Waals surface area contributed by atoms with Crippen LogP contribution in [-0.4, -0.2) is 13.4 Å². The highest BCUT2D eigenvalue weighted by Crippen LogP contribution is 2.30. The van der Waals surface area contributed by atoms with E-state index in [2.05, 4.69) is 9.71 Å². The monoisotopic (exact) mass is 331 g/mol. The van der Waals surface area contributed by atoms with Crippen LogP contribution in [0.3, 0.4) is 0 Å². The minimum atomic E-state index is -3.80. The number of nitrogen functional groups attached to an aromatic ring is 1. The van der Waals surface area contributed by atoms with Crippen molar-refractivity contribution in [2.75, 3.05) is 10.5 Å². The summed E-state index contributed by atoms with van der Waals surface area (Å²) in [6, 6.07) is 5.64. The molecule has 0 spiro atoms. The van der Waals surface area contributed by atoms with Gasteiger partial charge in [-0.15, -0.1) is 0 Å². The van der Waals surface area contributed by atoms with E-state index in [1.54, 1.807) is 13.0 Å². The van der Waals surface area contributed by atoms with Crippen LogP contribution in [0.5, 0.6) is 0 Å². The first-order valence-corrected chi connectivity index (χ1v) is 7.73. The van der Waals surface area contributed by atoms with Crippen molar-refractivity contribution in [3.63, 3.8) is 0 Å². The number of nitrogens with zero attached hydrogens (tertiary/aromatic N) is 1. The largest absolute Gasteiger partial charge is 0.384 e. The average Bonchev–Trinajstić information content (AvgIpc) is 2.36. The van der Waals surface area contributed by atoms with Crippen LogP contribution in [0.1, 0.15) is 5.56 Å². The topological polar surface area (TPSA) is 85.1 Å². The highest BCUT2D eigenvalue weighted by atomic mass is 35.5. The van der Waals surface area contributed by atoms with Gasteiger partial charge in [0.1, 0.15) is 5.82 Å². The summed E-state index contributed by atoms with van der Waals surface area (Å²) >= 11 is 12.0. The second-order valence-corrected chi connectivity index (χ2v) is 6.60. The van der Waals surface area contributed by atoms with Crippen molar-refractivity contribution in [3.05, 3.63) is 46.1 Å². The van der Waals surface area contributed by atoms with E-state index < -0.39 is 10.0 Å². The third-order valence-electron chi connectivity index (χ3n) is 2.56. The first-order valence-electron chi connectivity index (χ1n) is 5.49. The van der Waals surface area contributed by atoms with Gasteiger partial charge < -0.3 is 5.73 Å². The minimum Gasteiger partial charge on any atom is -0.384 e. The third kappa shape index (κ3) is 3.15. The van der Waals surface area contributed by atoms with Gasteiger partial charge in [-0.05, 0) is 30.7 Å². The van der Waals surface area contributed by atoms with Gasteiger partial charge in [-0.25, -0.2) is 13.4 Å². The third-order valence-corrected chi connectivity index (χ3v) is 4.64. The molecule has 1 aromatic carbocycles. The van der Waals surface area contributed by atoms with Crippen LogP contribution in [-0.2, 0) is 10.0 Å². The van der Waals surface area contributed by atoms with Gasteiger partial charge >= 0.3 is 0 Å². The Labute approximate surface area is 126 Å². The number of hydrogen-bond donors (Lipinski definition) is 2. The normalized spacial score (nSPS) is 11.3. The first-order chi connectivity index (χ1) is 9.29. The number of aryl methyl sites for hydroxylation is 1. The molecule has 0 bridgehead atoms. The molecule has 20 heavy (non-hydrogen) atoms. The SMILES string of the molecule is Cc1cc(Cl)c(NS(=O)(=O)c2ccnc(N)c2)cc1Cl. The zero-order valence-corrected chi connectivity index (χ0v) is 12.7. The van der Waals surface area contributed by atoms with Crippen molar-refractivity contribution < 1.29 is 8.42 Å². The number of anilines is 2. The fraction of sp³-hybridized carbons (Fsp3) is 0.0833. The van der Waals surface area contributed by atoms with E-state index >= 15 is 0 Å². The molecule has 5 nitrogen and oxygen atoms in total. The highest BCUT2D eigenvalue weighted by molar-refractivity contribution is 7.92. The van der Waals surface area contributed by atoms with Gasteiger partial charge in [0.2, 0.25) is 0 Å². The lowest BCUT2D eigenvalue weighted by atomic mass is 10.2. The fourth-order valence-corrected chi connectivity index (χ4v) is 3.10. The van der Waals surface area contributed by atoms with Gasteiger partial charge in [0.25, 0.3) is 10.0 Å². The maximum Gasteiger partial charge on any atom is 0.262 e. The lowest BCUT2D eigenvalue weighted by Crippen LogP contribution is -2.14. The second kappa shape index (κ2) is 5.47. The van der Waals surface area contributed by atoms with Gasteiger partial charge in [-0.2, -0.15) is 0 Å². The smallest absolute Gasteiger partial charge is 0.262 e. The number of rotatable bonds is 3. The Balaban J connectivity index is 2.41. The van der Waals surface area contributed by atoms with E-state index in [1.807, 2.05) is 0 Å². The molecule has 8 heteroatoms. The van der Waals surface area contributed by atoms with Gasteiger partial charge in [0, 0.05) is 17.3 Å². The highest BCUT2D eigenvalue weighted by Gasteiger charge is 2.17. The molecular weight excluding hydrogens is 321 g/mol. The van der Waals surface area contributed by atoms with Crippen molar-refractivity contribution in [1.82, 2.24) is 4.98 Å². The molecule has 2 aromatic rings. The van der Waals surface area contributed by atoms with Crippen LogP contribution in [0.25, 0.3) is 0 Å². The number of sulfonamides is 1. The van der Waals surface area contributed by atoms with E-state index in [0.717, 1.165) is 5.56 Å². The first kappa shape index (κ1) is 14.9. The molecular formula is C12H11Cl2N3O2S. The molecule has 2 rings (SSSR count). The molecule has 0 aliphatic carbocycles. The van der Waals surface area contributed by atoms with Crippen LogP contribution in [0.15, 0.2) is 35.4 Å². The van der Waals surface area contributed by atoms with E-state index in [4.69, 9.17) is 28.9 Å². The Bertz CT molecular complexity index is 763. The predicted octanol–water partition coefficient (Wildman–Crippen LogP) is 3.08. The molecule has 0 saturated heterocycles. The van der Waals surface area contributed by atoms with Crippen molar-refractivity contribution in [2.45, 2.75) is 11.8 Å². The Hall–Kier alpha value is -1.50. The minimum absolute atomic E-state index is 0.00207. The molecule has 1 aromatic heterocycles. The molecule has 0 saturated carbocycles. The number of pyridine rings is 1. The molecule has 1 heterocycles. The van der Waals surface area contributed by atoms with E-state index in [-0.39, 0.29) is 21.4 Å². The number of aromatic nitrogens is 1. The number of benzene rings is 1. The number of halogens is 2. The zero-order chi connectivity index (χ0) is 14.9. The van der Waals surface area contributed by atoms with Crippen molar-refractivity contribution in [3.8, 4) is 0 Å². The summed E-state index contributed by atoms with van der Waals surface area (Å²) in [5, 5.41) is 0.679. The van der Waals surface area contributed by atoms with Crippen molar-refractivity contribution in [1.29, 1.82) is 0 Å². The van der Waals surface area contributed by atoms with E-state index in [0.29, 0.717) is 5.02 Å². The molecule has 0 radical (unpaired) electrons. The molecule has 0 aliphatic rings. The lowest BCUT2D eigenvalue weighted by molar-refractivity contribution is 0.601. The maximum absolute atomic E-state index is 12.2. The summed E-state index contributed by atoms with van der Waals surface area (Å²) in [6.07, 6.45) is 1.31. The standard InChI is InChI=1S/C12H11Cl2N3O2S/c1-7-4-10(14)11(6-9(7)13)17-20(18,19)8-2-3-16-12(15)5-8/h2-6,17H,1H3,(H2,15,16). The number of nitrogens with one attached hydrogen (secondary N) is 1. The predicted molar refractivity (Wildman–Crippen MR) is 80.7 cm³/mol. The summed E-state index contributed by atoms with van der Waals surface area (Å²) in [5.41, 5.74) is 6.44. The van der Waals surface area contributed by atoms with Crippen LogP contribution in [0.2, 0.25) is 10.0 Å². The fourth-order valence-electron chi connectivity index (χ4n) is 1.52. The summed E-state index contributed by atoms with van der Waals surface area (Å²) < 4.78 is 26.8. The molecule has 3 N–H and O–H groups in total. The summed E-state index contributed by atoms with van der Waals surface area (Å²) in [7, 11) is -3.80. The molecule has 0 amide bonds. The van der Waals surface area contributed by atoms with Crippen LogP contribution in [0, 0.1) is 6.92 Å². The Morgan fingerprint density at radius 3 is 2.55 bits per heavy atom. The van der Waals surface area contributed by atoms with E-state index in [9.17, 15) is 8.42 Å². The average molecular weight is 332 g/mol. The Morgan fingerprint density at radius 1 is 1.20 bits per heavy atom. The zero-order valence-electron chi connectivity index (χ0n) is 10.4. The lowest BCUT2D eigenvalue weighted by Gasteiger charge is -2.11. The maximum atomic E-state index is 12.2. The van der Waals surface area contributed by atoms with Gasteiger partial charge in [0.15, 0.2) is 0 Å². The molecule has 0 atom stereocenters. The van der Waals surface area contributed by atoms with Gasteiger partial charge in [0.05, 0.1) is 15.6 Å². The molecule has 0 unspecified atom stereocenters. The number of nitrogens with two attached hydrogens (primary N) is 1. The number of hydrogen-bond acceptors (Lipinski definition) is 4. The van der Waals surface area contributed by atoms with Crippen molar-refractivity contribution in [2.24, 2.45) is 0 Å². The summed E-state index contributed by atoms with van der Waals surface area (Å²) in [5.74, 6) is 0.112. The van der Waals surface area contributed by atoms with Gasteiger partial charge in [-0.3, -0.25) is 4.72 Å². The summed E-state index contributed by atoms with van der Waals surface area (Å²) in [6.45, 7) is 1.77. The Kier molecular flexibility index (Phi) is 4.08. The van der Waals surface area contributed by atoms with Gasteiger partial charge in [-0.1, -0.05) is 23.2 Å². The molecule has 0 aliphatic heterocycles. The van der Waals surface area contributed by atoms with E-state index in [1.165, 1.54) is 24.4 Å². The quantitative estimate of drug-likeness (QED) is 0.904. The van der Waals surface area contributed by atoms with Crippen LogP contribution in [0.4, 0.5) is 11.5 Å². The van der Waals surface area contributed by atoms with Crippen LogP contribution < -0.4 is 10.5 Å². The molecule has 0 fully saturated rings. The van der Waals surface area contributed by atoms with Crippen LogP contribution >= 0.6 is 23.2 Å². The molecule has 106 valence electrons.